The first kappa shape index (κ1) is 16.7. The molecule has 21 heavy (non-hydrogen) atoms. The molecule has 1 heterocycles. The maximum Gasteiger partial charge on any atom is 0.279 e. The fourth-order valence-corrected chi connectivity index (χ4v) is 4.13. The second-order valence-electron chi connectivity index (χ2n) is 5.50. The predicted octanol–water partition coefficient (Wildman–Crippen LogP) is 1.94. The van der Waals surface area contributed by atoms with Crippen LogP contribution in [0.4, 0.5) is 0 Å². The zero-order chi connectivity index (χ0) is 15.5. The monoisotopic (exact) mass is 332 g/mol. The second kappa shape index (κ2) is 7.07. The van der Waals surface area contributed by atoms with E-state index in [2.05, 4.69) is 4.72 Å². The van der Waals surface area contributed by atoms with Crippen LogP contribution in [0.3, 0.4) is 0 Å². The van der Waals surface area contributed by atoms with E-state index in [0.29, 0.717) is 29.6 Å². The Morgan fingerprint density at radius 2 is 2.19 bits per heavy atom. The lowest BCUT2D eigenvalue weighted by Crippen LogP contribution is -2.46. The van der Waals surface area contributed by atoms with Gasteiger partial charge in [-0.25, -0.2) is 0 Å². The van der Waals surface area contributed by atoms with E-state index >= 15 is 0 Å². The minimum atomic E-state index is -3.55. The number of nitrogens with one attached hydrogen (secondary N) is 1. The number of aliphatic hydroxyl groups excluding tert-OH is 1. The Balaban J connectivity index is 1.97. The summed E-state index contributed by atoms with van der Waals surface area (Å²) >= 11 is 5.99. The van der Waals surface area contributed by atoms with Crippen molar-refractivity contribution in [3.8, 4) is 0 Å². The molecule has 5 nitrogen and oxygen atoms in total. The lowest BCUT2D eigenvalue weighted by molar-refractivity contribution is 0.180. The highest BCUT2D eigenvalue weighted by molar-refractivity contribution is 7.87. The van der Waals surface area contributed by atoms with Gasteiger partial charge in [0.25, 0.3) is 10.2 Å². The molecular weight excluding hydrogens is 312 g/mol. The van der Waals surface area contributed by atoms with Crippen LogP contribution >= 0.6 is 11.6 Å². The molecule has 1 aromatic carbocycles. The summed E-state index contributed by atoms with van der Waals surface area (Å²) < 4.78 is 28.4. The number of rotatable bonds is 5. The lowest BCUT2D eigenvalue weighted by atomic mass is 10.0. The highest BCUT2D eigenvalue weighted by Gasteiger charge is 2.27. The van der Waals surface area contributed by atoms with E-state index in [0.717, 1.165) is 12.8 Å². The molecule has 0 unspecified atom stereocenters. The summed E-state index contributed by atoms with van der Waals surface area (Å²) in [4.78, 5) is 0. The molecule has 0 aliphatic carbocycles. The Hall–Kier alpha value is -0.660. The third-order valence-electron chi connectivity index (χ3n) is 3.68. The smallest absolute Gasteiger partial charge is 0.279 e. The normalized spacial score (nSPS) is 22.1. The fourth-order valence-electron chi connectivity index (χ4n) is 2.50. The lowest BCUT2D eigenvalue weighted by Gasteiger charge is -2.30. The molecule has 1 fully saturated rings. The summed E-state index contributed by atoms with van der Waals surface area (Å²) in [5, 5.41) is 10.5. The number of piperidine rings is 1. The topological polar surface area (TPSA) is 69.6 Å². The first-order valence-electron chi connectivity index (χ1n) is 7.07. The van der Waals surface area contributed by atoms with Crippen LogP contribution in [-0.2, 0) is 10.2 Å². The van der Waals surface area contributed by atoms with Gasteiger partial charge < -0.3 is 5.11 Å². The summed E-state index contributed by atoms with van der Waals surface area (Å²) in [7, 11) is -3.55. The molecule has 0 aromatic heterocycles. The number of nitrogens with zero attached hydrogens (tertiary/aromatic N) is 1. The second-order valence-corrected chi connectivity index (χ2v) is 7.66. The number of benzene rings is 1. The standard InChI is InChI=1S/C14H21ClN2O3S/c1-11-5-4-8-17(10-11)21(19,20)16-9-14(18)12-6-2-3-7-13(12)15/h2-3,6-7,11,14,16,18H,4-5,8-10H2,1H3/t11-,14+/m0/s1. The maximum atomic E-state index is 12.2. The predicted molar refractivity (Wildman–Crippen MR) is 83.3 cm³/mol. The van der Waals surface area contributed by atoms with E-state index in [1.165, 1.54) is 4.31 Å². The maximum absolute atomic E-state index is 12.2. The van der Waals surface area contributed by atoms with Crippen LogP contribution in [-0.4, -0.2) is 37.5 Å². The van der Waals surface area contributed by atoms with Crippen LogP contribution in [0.15, 0.2) is 24.3 Å². The van der Waals surface area contributed by atoms with Gasteiger partial charge in [0.05, 0.1) is 6.10 Å². The molecule has 2 atom stereocenters. The fraction of sp³-hybridized carbons (Fsp3) is 0.571. The van der Waals surface area contributed by atoms with E-state index in [1.54, 1.807) is 24.3 Å². The number of aliphatic hydroxyl groups is 1. The van der Waals surface area contributed by atoms with Crippen LogP contribution in [0.1, 0.15) is 31.4 Å². The molecule has 0 saturated carbocycles. The molecular formula is C14H21ClN2O3S. The Kier molecular flexibility index (Phi) is 5.62. The Bertz CT molecular complexity index is 579. The Morgan fingerprint density at radius 3 is 2.86 bits per heavy atom. The van der Waals surface area contributed by atoms with Crippen molar-refractivity contribution < 1.29 is 13.5 Å². The molecule has 1 saturated heterocycles. The highest BCUT2D eigenvalue weighted by atomic mass is 35.5. The van der Waals surface area contributed by atoms with Crippen molar-refractivity contribution in [1.82, 2.24) is 9.03 Å². The van der Waals surface area contributed by atoms with Crippen LogP contribution in [0.5, 0.6) is 0 Å². The van der Waals surface area contributed by atoms with Gasteiger partial charge >= 0.3 is 0 Å². The summed E-state index contributed by atoms with van der Waals surface area (Å²) in [6.45, 7) is 3.01. The third kappa shape index (κ3) is 4.40. The first-order chi connectivity index (χ1) is 9.90. The molecule has 2 rings (SSSR count). The average molecular weight is 333 g/mol. The molecule has 1 aromatic rings. The minimum absolute atomic E-state index is 0.0864. The van der Waals surface area contributed by atoms with Gasteiger partial charge in [0, 0.05) is 30.2 Å². The molecule has 0 spiro atoms. The van der Waals surface area contributed by atoms with Gasteiger partial charge in [-0.1, -0.05) is 36.7 Å². The molecule has 7 heteroatoms. The zero-order valence-electron chi connectivity index (χ0n) is 12.0. The van der Waals surface area contributed by atoms with Crippen molar-refractivity contribution in [1.29, 1.82) is 0 Å². The molecule has 1 aliphatic rings. The molecule has 1 aliphatic heterocycles. The van der Waals surface area contributed by atoms with Crippen LogP contribution in [0, 0.1) is 5.92 Å². The third-order valence-corrected chi connectivity index (χ3v) is 5.57. The Labute approximate surface area is 131 Å². The number of hydrogen-bond donors (Lipinski definition) is 2. The summed E-state index contributed by atoms with van der Waals surface area (Å²) in [6, 6.07) is 6.87. The quantitative estimate of drug-likeness (QED) is 0.865. The van der Waals surface area contributed by atoms with Gasteiger partial charge in [-0.3, -0.25) is 0 Å². The van der Waals surface area contributed by atoms with Crippen LogP contribution in [0.2, 0.25) is 5.02 Å². The zero-order valence-corrected chi connectivity index (χ0v) is 13.6. The largest absolute Gasteiger partial charge is 0.387 e. The first-order valence-corrected chi connectivity index (χ1v) is 8.89. The Morgan fingerprint density at radius 1 is 1.48 bits per heavy atom. The average Bonchev–Trinajstić information content (AvgIpc) is 2.45. The molecule has 0 radical (unpaired) electrons. The molecule has 2 N–H and O–H groups in total. The minimum Gasteiger partial charge on any atom is -0.387 e. The van der Waals surface area contributed by atoms with Gasteiger partial charge in [-0.05, 0) is 24.8 Å². The SMILES string of the molecule is C[C@H]1CCCN(S(=O)(=O)NC[C@@H](O)c2ccccc2Cl)C1. The van der Waals surface area contributed by atoms with E-state index < -0.39 is 16.3 Å². The van der Waals surface area contributed by atoms with Crippen LogP contribution < -0.4 is 4.72 Å². The van der Waals surface area contributed by atoms with Gasteiger partial charge in [0.2, 0.25) is 0 Å². The summed E-state index contributed by atoms with van der Waals surface area (Å²) in [6.07, 6.45) is 0.958. The van der Waals surface area contributed by atoms with Crippen molar-refractivity contribution in [3.05, 3.63) is 34.9 Å². The summed E-state index contributed by atoms with van der Waals surface area (Å²) in [5.41, 5.74) is 0.522. The van der Waals surface area contributed by atoms with E-state index in [4.69, 9.17) is 11.6 Å². The van der Waals surface area contributed by atoms with E-state index in [-0.39, 0.29) is 6.54 Å². The van der Waals surface area contributed by atoms with Crippen molar-refractivity contribution in [2.24, 2.45) is 5.92 Å². The molecule has 118 valence electrons. The highest BCUT2D eigenvalue weighted by Crippen LogP contribution is 2.22. The van der Waals surface area contributed by atoms with E-state index in [9.17, 15) is 13.5 Å². The van der Waals surface area contributed by atoms with Crippen molar-refractivity contribution in [3.63, 3.8) is 0 Å². The summed E-state index contributed by atoms with van der Waals surface area (Å²) in [5.74, 6) is 0.365. The number of hydrogen-bond acceptors (Lipinski definition) is 3. The van der Waals surface area contributed by atoms with Gasteiger partial charge in [-0.2, -0.15) is 17.4 Å². The van der Waals surface area contributed by atoms with Crippen LogP contribution in [0.25, 0.3) is 0 Å². The van der Waals surface area contributed by atoms with Crippen molar-refractivity contribution in [2.45, 2.75) is 25.9 Å². The molecule has 0 amide bonds. The molecule has 0 bridgehead atoms. The van der Waals surface area contributed by atoms with E-state index in [1.807, 2.05) is 6.92 Å². The van der Waals surface area contributed by atoms with Gasteiger partial charge in [0.1, 0.15) is 0 Å². The van der Waals surface area contributed by atoms with Crippen molar-refractivity contribution >= 4 is 21.8 Å². The van der Waals surface area contributed by atoms with Gasteiger partial charge in [-0.15, -0.1) is 0 Å². The number of halogens is 1. The van der Waals surface area contributed by atoms with Gasteiger partial charge in [0.15, 0.2) is 0 Å². The van der Waals surface area contributed by atoms with Crippen molar-refractivity contribution in [2.75, 3.05) is 19.6 Å².